The summed E-state index contributed by atoms with van der Waals surface area (Å²) in [5.74, 6) is -0.183. The Morgan fingerprint density at radius 2 is 2.11 bits per heavy atom. The van der Waals surface area contributed by atoms with Crippen LogP contribution in [0.5, 0.6) is 0 Å². The van der Waals surface area contributed by atoms with Crippen LogP contribution in [0.2, 0.25) is 0 Å². The summed E-state index contributed by atoms with van der Waals surface area (Å²) < 4.78 is 0. The van der Waals surface area contributed by atoms with Crippen molar-refractivity contribution in [1.29, 1.82) is 0 Å². The van der Waals surface area contributed by atoms with Gasteiger partial charge in [-0.3, -0.25) is 14.9 Å². The molecule has 0 aromatic heterocycles. The Kier molecular flexibility index (Phi) is 5.47. The molecule has 0 unspecified atom stereocenters. The zero-order valence-corrected chi connectivity index (χ0v) is 12.8. The molecular formula is C13H17BrN2O3. The topological polar surface area (TPSA) is 63.5 Å². The highest BCUT2D eigenvalue weighted by Crippen LogP contribution is 2.20. The van der Waals surface area contributed by atoms with Crippen molar-refractivity contribution in [3.63, 3.8) is 0 Å². The molecule has 19 heavy (non-hydrogen) atoms. The molecule has 6 heteroatoms. The van der Waals surface area contributed by atoms with Crippen LogP contribution < -0.4 is 0 Å². The van der Waals surface area contributed by atoms with E-state index in [0.29, 0.717) is 23.0 Å². The van der Waals surface area contributed by atoms with E-state index in [4.69, 9.17) is 0 Å². The standard InChI is InChI=1S/C13H17BrN2O3/c1-9(2)15(7-6-14)13(17)11-5-4-10(3)12(8-11)16(18)19/h4-5,8-9H,6-7H2,1-3H3. The van der Waals surface area contributed by atoms with Crippen molar-refractivity contribution in [2.75, 3.05) is 11.9 Å². The van der Waals surface area contributed by atoms with E-state index in [0.717, 1.165) is 0 Å². The first-order valence-electron chi connectivity index (χ1n) is 6.00. The van der Waals surface area contributed by atoms with Gasteiger partial charge in [-0.1, -0.05) is 22.0 Å². The Morgan fingerprint density at radius 3 is 2.58 bits per heavy atom. The molecule has 0 atom stereocenters. The molecule has 0 aliphatic carbocycles. The van der Waals surface area contributed by atoms with Crippen molar-refractivity contribution in [1.82, 2.24) is 4.90 Å². The summed E-state index contributed by atoms with van der Waals surface area (Å²) in [7, 11) is 0. The molecule has 0 saturated heterocycles. The van der Waals surface area contributed by atoms with E-state index >= 15 is 0 Å². The molecule has 0 aliphatic heterocycles. The number of aryl methyl sites for hydroxylation is 1. The van der Waals surface area contributed by atoms with Gasteiger partial charge >= 0.3 is 0 Å². The number of hydrogen-bond donors (Lipinski definition) is 0. The predicted molar refractivity (Wildman–Crippen MR) is 77.8 cm³/mol. The third-order valence-corrected chi connectivity index (χ3v) is 3.22. The minimum absolute atomic E-state index is 0.0200. The normalized spacial score (nSPS) is 10.6. The monoisotopic (exact) mass is 328 g/mol. The van der Waals surface area contributed by atoms with E-state index in [9.17, 15) is 14.9 Å². The first-order chi connectivity index (χ1) is 8.88. The van der Waals surface area contributed by atoms with E-state index in [-0.39, 0.29) is 17.6 Å². The third-order valence-electron chi connectivity index (χ3n) is 2.86. The van der Waals surface area contributed by atoms with Crippen molar-refractivity contribution in [3.8, 4) is 0 Å². The number of carbonyl (C=O) groups is 1. The SMILES string of the molecule is Cc1ccc(C(=O)N(CCBr)C(C)C)cc1[N+](=O)[O-]. The van der Waals surface area contributed by atoms with Crippen LogP contribution in [0.25, 0.3) is 0 Å². The van der Waals surface area contributed by atoms with Crippen LogP contribution in [0.1, 0.15) is 29.8 Å². The van der Waals surface area contributed by atoms with Gasteiger partial charge < -0.3 is 4.90 Å². The first-order valence-corrected chi connectivity index (χ1v) is 7.12. The Balaban J connectivity index is 3.11. The number of amides is 1. The summed E-state index contributed by atoms with van der Waals surface area (Å²) in [6.07, 6.45) is 0. The summed E-state index contributed by atoms with van der Waals surface area (Å²) in [6, 6.07) is 4.64. The van der Waals surface area contributed by atoms with Crippen molar-refractivity contribution < 1.29 is 9.72 Å². The van der Waals surface area contributed by atoms with Gasteiger partial charge in [-0.25, -0.2) is 0 Å². The second kappa shape index (κ2) is 6.65. The Hall–Kier alpha value is -1.43. The molecule has 0 fully saturated rings. The molecule has 1 aromatic rings. The van der Waals surface area contributed by atoms with Gasteiger partial charge in [-0.05, 0) is 26.8 Å². The molecule has 1 amide bonds. The fourth-order valence-corrected chi connectivity index (χ4v) is 2.17. The molecular weight excluding hydrogens is 312 g/mol. The predicted octanol–water partition coefficient (Wildman–Crippen LogP) is 3.15. The lowest BCUT2D eigenvalue weighted by Gasteiger charge is -2.26. The van der Waals surface area contributed by atoms with E-state index in [1.54, 1.807) is 24.0 Å². The number of hydrogen-bond acceptors (Lipinski definition) is 3. The van der Waals surface area contributed by atoms with Crippen LogP contribution in [0.4, 0.5) is 5.69 Å². The molecule has 0 N–H and O–H groups in total. The lowest BCUT2D eigenvalue weighted by atomic mass is 10.1. The fourth-order valence-electron chi connectivity index (χ4n) is 1.79. The van der Waals surface area contributed by atoms with Crippen LogP contribution in [-0.4, -0.2) is 33.6 Å². The van der Waals surface area contributed by atoms with Gasteiger partial charge in [0, 0.05) is 35.1 Å². The Bertz CT molecular complexity index is 489. The van der Waals surface area contributed by atoms with Crippen LogP contribution in [0.3, 0.4) is 0 Å². The molecule has 0 saturated carbocycles. The maximum absolute atomic E-state index is 12.3. The summed E-state index contributed by atoms with van der Waals surface area (Å²) in [6.45, 7) is 6.07. The van der Waals surface area contributed by atoms with E-state index in [2.05, 4.69) is 15.9 Å². The molecule has 1 rings (SSSR count). The second-order valence-corrected chi connectivity index (χ2v) is 5.33. The van der Waals surface area contributed by atoms with Gasteiger partial charge in [0.1, 0.15) is 0 Å². The van der Waals surface area contributed by atoms with Gasteiger partial charge in [0.15, 0.2) is 0 Å². The summed E-state index contributed by atoms with van der Waals surface area (Å²) in [5.41, 5.74) is 0.887. The maximum atomic E-state index is 12.3. The highest BCUT2D eigenvalue weighted by Gasteiger charge is 2.21. The first kappa shape index (κ1) is 15.6. The van der Waals surface area contributed by atoms with Gasteiger partial charge in [-0.2, -0.15) is 0 Å². The largest absolute Gasteiger partial charge is 0.335 e. The number of halogens is 1. The molecule has 0 bridgehead atoms. The summed E-state index contributed by atoms with van der Waals surface area (Å²) in [4.78, 5) is 24.5. The molecule has 104 valence electrons. The summed E-state index contributed by atoms with van der Waals surface area (Å²) >= 11 is 3.31. The average molecular weight is 329 g/mol. The number of nitro benzene ring substituents is 1. The van der Waals surface area contributed by atoms with Gasteiger partial charge in [-0.15, -0.1) is 0 Å². The van der Waals surface area contributed by atoms with Crippen molar-refractivity contribution in [3.05, 3.63) is 39.4 Å². The Labute approximate surface area is 120 Å². The van der Waals surface area contributed by atoms with Gasteiger partial charge in [0.2, 0.25) is 0 Å². The van der Waals surface area contributed by atoms with Crippen LogP contribution in [0, 0.1) is 17.0 Å². The number of carbonyl (C=O) groups excluding carboxylic acids is 1. The molecule has 0 heterocycles. The van der Waals surface area contributed by atoms with E-state index in [1.807, 2.05) is 13.8 Å². The zero-order valence-electron chi connectivity index (χ0n) is 11.2. The van der Waals surface area contributed by atoms with Crippen LogP contribution in [-0.2, 0) is 0 Å². The quantitative estimate of drug-likeness (QED) is 0.474. The van der Waals surface area contributed by atoms with Crippen molar-refractivity contribution in [2.24, 2.45) is 0 Å². The number of nitro groups is 1. The van der Waals surface area contributed by atoms with E-state index < -0.39 is 4.92 Å². The lowest BCUT2D eigenvalue weighted by Crippen LogP contribution is -2.38. The number of benzene rings is 1. The highest BCUT2D eigenvalue weighted by molar-refractivity contribution is 9.09. The molecule has 1 aromatic carbocycles. The minimum atomic E-state index is -0.462. The number of rotatable bonds is 5. The van der Waals surface area contributed by atoms with Gasteiger partial charge in [0.05, 0.1) is 4.92 Å². The van der Waals surface area contributed by atoms with Crippen LogP contribution in [0.15, 0.2) is 18.2 Å². The Morgan fingerprint density at radius 1 is 1.47 bits per heavy atom. The fraction of sp³-hybridized carbons (Fsp3) is 0.462. The zero-order chi connectivity index (χ0) is 14.6. The van der Waals surface area contributed by atoms with E-state index in [1.165, 1.54) is 6.07 Å². The minimum Gasteiger partial charge on any atom is -0.335 e. The smallest absolute Gasteiger partial charge is 0.273 e. The van der Waals surface area contributed by atoms with Gasteiger partial charge in [0.25, 0.3) is 11.6 Å². The van der Waals surface area contributed by atoms with Crippen molar-refractivity contribution >= 4 is 27.5 Å². The molecule has 5 nitrogen and oxygen atoms in total. The third kappa shape index (κ3) is 3.76. The average Bonchev–Trinajstić information content (AvgIpc) is 2.35. The summed E-state index contributed by atoms with van der Waals surface area (Å²) in [5, 5.41) is 11.6. The van der Waals surface area contributed by atoms with Crippen LogP contribution >= 0.6 is 15.9 Å². The molecule has 0 radical (unpaired) electrons. The highest BCUT2D eigenvalue weighted by atomic mass is 79.9. The number of alkyl halides is 1. The number of nitrogens with zero attached hydrogens (tertiary/aromatic N) is 2. The molecule has 0 aliphatic rings. The molecule has 0 spiro atoms. The maximum Gasteiger partial charge on any atom is 0.273 e. The van der Waals surface area contributed by atoms with Crippen molar-refractivity contribution in [2.45, 2.75) is 26.8 Å². The lowest BCUT2D eigenvalue weighted by molar-refractivity contribution is -0.385. The second-order valence-electron chi connectivity index (χ2n) is 4.54.